The number of carbonyl (C=O) groups is 1. The topological polar surface area (TPSA) is 70.1 Å². The van der Waals surface area contributed by atoms with E-state index >= 15 is 0 Å². The maximum absolute atomic E-state index is 12.9. The van der Waals surface area contributed by atoms with E-state index in [4.69, 9.17) is 10.5 Å². The molecule has 0 aliphatic carbocycles. The summed E-state index contributed by atoms with van der Waals surface area (Å²) in [6, 6.07) is 13.1. The summed E-state index contributed by atoms with van der Waals surface area (Å²) in [6.45, 7) is 1.82. The van der Waals surface area contributed by atoms with Crippen molar-refractivity contribution in [2.75, 3.05) is 5.73 Å². The van der Waals surface area contributed by atoms with Crippen LogP contribution in [0, 0.1) is 6.92 Å². The first-order valence-electron chi connectivity index (χ1n) is 7.17. The number of carbonyl (C=O) groups excluding carboxylic acids is 1. The number of para-hydroxylation sites is 1. The van der Waals surface area contributed by atoms with Gasteiger partial charge in [-0.15, -0.1) is 0 Å². The quantitative estimate of drug-likeness (QED) is 0.700. The van der Waals surface area contributed by atoms with E-state index in [0.717, 1.165) is 22.3 Å². The number of hydrogen-bond acceptors (Lipinski definition) is 4. The SMILES string of the molecule is Cc1nc2cc(N)ccc2n1C(=O)C1Cc2ccccc2O1. The molecule has 0 radical (unpaired) electrons. The van der Waals surface area contributed by atoms with Crippen molar-refractivity contribution in [3.63, 3.8) is 0 Å². The molecule has 5 heteroatoms. The Morgan fingerprint density at radius 1 is 1.32 bits per heavy atom. The van der Waals surface area contributed by atoms with E-state index in [9.17, 15) is 4.79 Å². The third kappa shape index (κ3) is 1.86. The number of aromatic nitrogens is 2. The molecule has 0 saturated heterocycles. The molecule has 0 amide bonds. The standard InChI is InChI=1S/C17H15N3O2/c1-10-19-13-9-12(18)6-7-14(13)20(10)17(21)16-8-11-4-2-3-5-15(11)22-16/h2-7,9,16H,8,18H2,1H3. The van der Waals surface area contributed by atoms with Crippen LogP contribution in [0.25, 0.3) is 11.0 Å². The number of hydrogen-bond donors (Lipinski definition) is 1. The number of nitrogens with two attached hydrogens (primary N) is 1. The Balaban J connectivity index is 1.74. The van der Waals surface area contributed by atoms with Crippen LogP contribution in [0.5, 0.6) is 5.75 Å². The third-order valence-electron chi connectivity index (χ3n) is 3.99. The number of aryl methyl sites for hydroxylation is 1. The molecule has 110 valence electrons. The summed E-state index contributed by atoms with van der Waals surface area (Å²) in [5.41, 5.74) is 8.96. The highest BCUT2D eigenvalue weighted by Gasteiger charge is 2.31. The Morgan fingerprint density at radius 3 is 2.95 bits per heavy atom. The molecule has 0 bridgehead atoms. The molecule has 1 aliphatic rings. The van der Waals surface area contributed by atoms with Gasteiger partial charge in [0.25, 0.3) is 5.91 Å². The Labute approximate surface area is 127 Å². The minimum Gasteiger partial charge on any atom is -0.480 e. The fourth-order valence-corrected chi connectivity index (χ4v) is 2.96. The second-order valence-electron chi connectivity index (χ2n) is 5.50. The number of nitrogens with zero attached hydrogens (tertiary/aromatic N) is 2. The predicted octanol–water partition coefficient (Wildman–Crippen LogP) is 2.57. The smallest absolute Gasteiger partial charge is 0.273 e. The second-order valence-corrected chi connectivity index (χ2v) is 5.50. The van der Waals surface area contributed by atoms with Crippen LogP contribution in [0.1, 0.15) is 16.2 Å². The number of imidazole rings is 1. The number of rotatable bonds is 1. The lowest BCUT2D eigenvalue weighted by Crippen LogP contribution is -2.31. The van der Waals surface area contributed by atoms with Crippen LogP contribution in [-0.4, -0.2) is 21.6 Å². The number of fused-ring (bicyclic) bond motifs is 2. The van der Waals surface area contributed by atoms with Crippen LogP contribution >= 0.6 is 0 Å². The molecule has 2 N–H and O–H groups in total. The molecule has 1 unspecified atom stereocenters. The molecule has 0 spiro atoms. The van der Waals surface area contributed by atoms with E-state index in [1.54, 1.807) is 16.7 Å². The lowest BCUT2D eigenvalue weighted by atomic mass is 10.1. The van der Waals surface area contributed by atoms with Gasteiger partial charge in [-0.3, -0.25) is 9.36 Å². The zero-order valence-corrected chi connectivity index (χ0v) is 12.1. The van der Waals surface area contributed by atoms with Crippen molar-refractivity contribution in [1.82, 2.24) is 9.55 Å². The molecule has 22 heavy (non-hydrogen) atoms. The van der Waals surface area contributed by atoms with Crippen LogP contribution < -0.4 is 10.5 Å². The minimum atomic E-state index is -0.508. The highest BCUT2D eigenvalue weighted by molar-refractivity contribution is 5.95. The predicted molar refractivity (Wildman–Crippen MR) is 84.1 cm³/mol. The fourth-order valence-electron chi connectivity index (χ4n) is 2.96. The normalized spacial score (nSPS) is 16.5. The molecule has 5 nitrogen and oxygen atoms in total. The Kier molecular flexibility index (Phi) is 2.69. The number of nitrogen functional groups attached to an aromatic ring is 1. The lowest BCUT2D eigenvalue weighted by Gasteiger charge is -2.12. The molecule has 1 aliphatic heterocycles. The van der Waals surface area contributed by atoms with Gasteiger partial charge in [0, 0.05) is 12.1 Å². The Bertz CT molecular complexity index is 873. The summed E-state index contributed by atoms with van der Waals surface area (Å²) in [4.78, 5) is 17.3. The molecule has 1 aromatic heterocycles. The first kappa shape index (κ1) is 12.9. The van der Waals surface area contributed by atoms with E-state index in [-0.39, 0.29) is 5.91 Å². The summed E-state index contributed by atoms with van der Waals surface area (Å²) < 4.78 is 7.41. The van der Waals surface area contributed by atoms with Crippen molar-refractivity contribution in [2.45, 2.75) is 19.4 Å². The van der Waals surface area contributed by atoms with Gasteiger partial charge in [0.1, 0.15) is 11.6 Å². The van der Waals surface area contributed by atoms with Crippen LogP contribution in [-0.2, 0) is 6.42 Å². The van der Waals surface area contributed by atoms with Gasteiger partial charge in [-0.1, -0.05) is 18.2 Å². The molecule has 1 atom stereocenters. The Morgan fingerprint density at radius 2 is 2.14 bits per heavy atom. The minimum absolute atomic E-state index is 0.0963. The number of anilines is 1. The van der Waals surface area contributed by atoms with Gasteiger partial charge in [0.2, 0.25) is 0 Å². The van der Waals surface area contributed by atoms with Gasteiger partial charge < -0.3 is 10.5 Å². The van der Waals surface area contributed by atoms with Crippen LogP contribution in [0.15, 0.2) is 42.5 Å². The first-order valence-corrected chi connectivity index (χ1v) is 7.17. The van der Waals surface area contributed by atoms with Gasteiger partial charge in [-0.2, -0.15) is 0 Å². The van der Waals surface area contributed by atoms with Crippen molar-refractivity contribution in [3.05, 3.63) is 53.9 Å². The molecule has 4 rings (SSSR count). The highest BCUT2D eigenvalue weighted by Crippen LogP contribution is 2.30. The van der Waals surface area contributed by atoms with Crippen molar-refractivity contribution >= 4 is 22.6 Å². The van der Waals surface area contributed by atoms with Crippen molar-refractivity contribution < 1.29 is 9.53 Å². The zero-order chi connectivity index (χ0) is 15.3. The largest absolute Gasteiger partial charge is 0.480 e. The summed E-state index contributed by atoms with van der Waals surface area (Å²) in [7, 11) is 0. The van der Waals surface area contributed by atoms with Gasteiger partial charge in [0.05, 0.1) is 11.0 Å². The van der Waals surface area contributed by atoms with Crippen molar-refractivity contribution in [3.8, 4) is 5.75 Å². The van der Waals surface area contributed by atoms with Crippen LogP contribution in [0.4, 0.5) is 5.69 Å². The van der Waals surface area contributed by atoms with E-state index in [0.29, 0.717) is 17.9 Å². The second kappa shape index (κ2) is 4.59. The molecule has 0 fully saturated rings. The van der Waals surface area contributed by atoms with Crippen LogP contribution in [0.2, 0.25) is 0 Å². The molecule has 2 heterocycles. The maximum Gasteiger partial charge on any atom is 0.273 e. The van der Waals surface area contributed by atoms with E-state index < -0.39 is 6.10 Å². The van der Waals surface area contributed by atoms with Gasteiger partial charge >= 0.3 is 0 Å². The summed E-state index contributed by atoms with van der Waals surface area (Å²) in [5.74, 6) is 1.33. The maximum atomic E-state index is 12.9. The Hall–Kier alpha value is -2.82. The highest BCUT2D eigenvalue weighted by atomic mass is 16.5. The number of ether oxygens (including phenoxy) is 1. The van der Waals surface area contributed by atoms with E-state index in [2.05, 4.69) is 4.98 Å². The number of benzene rings is 2. The lowest BCUT2D eigenvalue weighted by molar-refractivity contribution is 0.0737. The summed E-state index contributed by atoms with van der Waals surface area (Å²) in [5, 5.41) is 0. The zero-order valence-electron chi connectivity index (χ0n) is 12.1. The van der Waals surface area contributed by atoms with Crippen molar-refractivity contribution in [1.29, 1.82) is 0 Å². The van der Waals surface area contributed by atoms with Crippen molar-refractivity contribution in [2.24, 2.45) is 0 Å². The molecule has 3 aromatic rings. The molecule has 2 aromatic carbocycles. The fraction of sp³-hybridized carbons (Fsp3) is 0.176. The molecular weight excluding hydrogens is 278 g/mol. The monoisotopic (exact) mass is 293 g/mol. The van der Waals surface area contributed by atoms with Gasteiger partial charge in [-0.25, -0.2) is 4.98 Å². The van der Waals surface area contributed by atoms with Gasteiger partial charge in [-0.05, 0) is 36.8 Å². The summed E-state index contributed by atoms with van der Waals surface area (Å²) >= 11 is 0. The average molecular weight is 293 g/mol. The molecule has 0 saturated carbocycles. The first-order chi connectivity index (χ1) is 10.6. The van der Waals surface area contributed by atoms with Gasteiger partial charge in [0.15, 0.2) is 6.10 Å². The van der Waals surface area contributed by atoms with Crippen LogP contribution in [0.3, 0.4) is 0 Å². The van der Waals surface area contributed by atoms with E-state index in [1.807, 2.05) is 37.3 Å². The summed E-state index contributed by atoms with van der Waals surface area (Å²) in [6.07, 6.45) is 0.0781. The average Bonchev–Trinajstić information content (AvgIpc) is 3.06. The molecular formula is C17H15N3O2. The third-order valence-corrected chi connectivity index (χ3v) is 3.99. The van der Waals surface area contributed by atoms with E-state index in [1.165, 1.54) is 0 Å².